The molecular weight excluding hydrogens is 388 g/mol. The summed E-state index contributed by atoms with van der Waals surface area (Å²) in [6.07, 6.45) is 12.6. The van der Waals surface area contributed by atoms with Crippen LogP contribution in [0.15, 0.2) is 91.6 Å². The van der Waals surface area contributed by atoms with Gasteiger partial charge in [-0.25, -0.2) is 9.97 Å². The second-order valence-electron chi connectivity index (χ2n) is 7.14. The first kappa shape index (κ1) is 20.1. The van der Waals surface area contributed by atoms with Crippen LogP contribution in [0.25, 0.3) is 33.8 Å². The van der Waals surface area contributed by atoms with Crippen LogP contribution >= 0.6 is 11.6 Å². The zero-order chi connectivity index (χ0) is 20.9. The van der Waals surface area contributed by atoms with E-state index < -0.39 is 0 Å². The van der Waals surface area contributed by atoms with E-state index in [1.54, 1.807) is 0 Å². The molecular formula is C27H23ClN2. The first-order valence-electron chi connectivity index (χ1n) is 10.1. The van der Waals surface area contributed by atoms with Crippen LogP contribution < -0.4 is 0 Å². The van der Waals surface area contributed by atoms with Crippen LogP contribution in [0.2, 0.25) is 5.02 Å². The van der Waals surface area contributed by atoms with Gasteiger partial charge in [0.2, 0.25) is 0 Å². The first-order valence-corrected chi connectivity index (χ1v) is 10.5. The first-order chi connectivity index (χ1) is 14.7. The molecule has 3 heteroatoms. The SMILES string of the molecule is C=C/C(=C\C)c1ccc(-c2nc(C3=CCCC=C3)cc(-c3cccc(Cl)c3)n2)cc1. The molecule has 3 aromatic rings. The van der Waals surface area contributed by atoms with Gasteiger partial charge in [0.05, 0.1) is 11.4 Å². The lowest BCUT2D eigenvalue weighted by molar-refractivity contribution is 1.03. The van der Waals surface area contributed by atoms with Crippen molar-refractivity contribution in [2.45, 2.75) is 19.8 Å². The van der Waals surface area contributed by atoms with Crippen molar-refractivity contribution in [2.75, 3.05) is 0 Å². The summed E-state index contributed by atoms with van der Waals surface area (Å²) < 4.78 is 0. The number of allylic oxidation sites excluding steroid dienone is 7. The van der Waals surface area contributed by atoms with Crippen LogP contribution in [0.3, 0.4) is 0 Å². The van der Waals surface area contributed by atoms with Crippen LogP contribution in [0, 0.1) is 0 Å². The molecule has 0 fully saturated rings. The Labute approximate surface area is 183 Å². The maximum Gasteiger partial charge on any atom is 0.160 e. The van der Waals surface area contributed by atoms with Gasteiger partial charge in [0, 0.05) is 16.1 Å². The highest BCUT2D eigenvalue weighted by Gasteiger charge is 2.12. The summed E-state index contributed by atoms with van der Waals surface area (Å²) in [4.78, 5) is 9.76. The van der Waals surface area contributed by atoms with E-state index in [4.69, 9.17) is 21.6 Å². The molecule has 0 N–H and O–H groups in total. The fraction of sp³-hybridized carbons (Fsp3) is 0.111. The summed E-state index contributed by atoms with van der Waals surface area (Å²) >= 11 is 6.24. The number of hydrogen-bond acceptors (Lipinski definition) is 2. The monoisotopic (exact) mass is 410 g/mol. The zero-order valence-corrected chi connectivity index (χ0v) is 17.7. The molecule has 1 aromatic heterocycles. The van der Waals surface area contributed by atoms with Gasteiger partial charge in [0.25, 0.3) is 0 Å². The third-order valence-corrected chi connectivity index (χ3v) is 5.38. The molecule has 0 atom stereocenters. The number of benzene rings is 2. The summed E-state index contributed by atoms with van der Waals surface area (Å²) in [5, 5.41) is 0.693. The predicted octanol–water partition coefficient (Wildman–Crippen LogP) is 7.79. The quantitative estimate of drug-likeness (QED) is 0.401. The average molecular weight is 411 g/mol. The van der Waals surface area contributed by atoms with Gasteiger partial charge in [-0.2, -0.15) is 0 Å². The Kier molecular flexibility index (Phi) is 6.06. The molecule has 30 heavy (non-hydrogen) atoms. The average Bonchev–Trinajstić information content (AvgIpc) is 2.81. The molecule has 0 radical (unpaired) electrons. The van der Waals surface area contributed by atoms with Gasteiger partial charge >= 0.3 is 0 Å². The van der Waals surface area contributed by atoms with E-state index in [0.29, 0.717) is 10.8 Å². The van der Waals surface area contributed by atoms with Gasteiger partial charge in [-0.1, -0.05) is 85.0 Å². The number of aromatic nitrogens is 2. The van der Waals surface area contributed by atoms with E-state index in [1.807, 2.05) is 43.3 Å². The zero-order valence-electron chi connectivity index (χ0n) is 17.0. The fourth-order valence-corrected chi connectivity index (χ4v) is 3.73. The summed E-state index contributed by atoms with van der Waals surface area (Å²) in [6, 6.07) is 18.1. The molecule has 1 aliphatic carbocycles. The van der Waals surface area contributed by atoms with Crippen LogP contribution in [-0.4, -0.2) is 9.97 Å². The lowest BCUT2D eigenvalue weighted by Gasteiger charge is -2.12. The Balaban J connectivity index is 1.82. The summed E-state index contributed by atoms with van der Waals surface area (Å²) in [5.41, 5.74) is 7.11. The fourth-order valence-electron chi connectivity index (χ4n) is 3.54. The van der Waals surface area contributed by atoms with Gasteiger partial charge in [0.15, 0.2) is 5.82 Å². The van der Waals surface area contributed by atoms with Gasteiger partial charge in [-0.05, 0) is 54.7 Å². The third-order valence-electron chi connectivity index (χ3n) is 5.14. The van der Waals surface area contributed by atoms with E-state index in [9.17, 15) is 0 Å². The van der Waals surface area contributed by atoms with Crippen molar-refractivity contribution in [2.24, 2.45) is 0 Å². The predicted molar refractivity (Wildman–Crippen MR) is 128 cm³/mol. The van der Waals surface area contributed by atoms with Crippen molar-refractivity contribution >= 4 is 22.7 Å². The Morgan fingerprint density at radius 2 is 1.77 bits per heavy atom. The van der Waals surface area contributed by atoms with E-state index >= 15 is 0 Å². The standard InChI is InChI=1S/C27H23ClN2/c1-3-19(4-2)20-13-15-22(16-14-20)27-29-25(21-9-6-5-7-10-21)18-26(30-27)23-11-8-12-24(28)17-23/h3-4,6,8-18H,1,5,7H2,2H3/b19-4+. The van der Waals surface area contributed by atoms with Crippen molar-refractivity contribution in [3.8, 4) is 22.6 Å². The molecule has 0 aliphatic heterocycles. The van der Waals surface area contributed by atoms with Crippen LogP contribution in [-0.2, 0) is 0 Å². The van der Waals surface area contributed by atoms with Gasteiger partial charge in [-0.15, -0.1) is 0 Å². The minimum atomic E-state index is 0.693. The number of nitrogens with zero attached hydrogens (tertiary/aromatic N) is 2. The largest absolute Gasteiger partial charge is 0.228 e. The lowest BCUT2D eigenvalue weighted by atomic mass is 10.0. The maximum atomic E-state index is 6.24. The van der Waals surface area contributed by atoms with E-state index in [-0.39, 0.29) is 0 Å². The molecule has 0 bridgehead atoms. The van der Waals surface area contributed by atoms with Crippen molar-refractivity contribution in [1.82, 2.24) is 9.97 Å². The summed E-state index contributed by atoms with van der Waals surface area (Å²) in [6.45, 7) is 5.90. The molecule has 0 unspecified atom stereocenters. The second-order valence-corrected chi connectivity index (χ2v) is 7.57. The Bertz CT molecular complexity index is 1170. The smallest absolute Gasteiger partial charge is 0.160 e. The highest BCUT2D eigenvalue weighted by atomic mass is 35.5. The number of hydrogen-bond donors (Lipinski definition) is 0. The Morgan fingerprint density at radius 3 is 2.43 bits per heavy atom. The third kappa shape index (κ3) is 4.34. The van der Waals surface area contributed by atoms with Crippen molar-refractivity contribution in [1.29, 1.82) is 0 Å². The van der Waals surface area contributed by atoms with Crippen molar-refractivity contribution < 1.29 is 0 Å². The van der Waals surface area contributed by atoms with Gasteiger partial charge < -0.3 is 0 Å². The molecule has 2 nitrogen and oxygen atoms in total. The highest BCUT2D eigenvalue weighted by Crippen LogP contribution is 2.29. The van der Waals surface area contributed by atoms with Gasteiger partial charge in [-0.3, -0.25) is 0 Å². The molecule has 0 amide bonds. The molecule has 4 rings (SSSR count). The molecule has 1 heterocycles. The van der Waals surface area contributed by atoms with E-state index in [2.05, 4.69) is 55.1 Å². The molecule has 0 spiro atoms. The number of halogens is 1. The highest BCUT2D eigenvalue weighted by molar-refractivity contribution is 6.30. The van der Waals surface area contributed by atoms with Crippen LogP contribution in [0.1, 0.15) is 31.0 Å². The van der Waals surface area contributed by atoms with Crippen molar-refractivity contribution in [3.63, 3.8) is 0 Å². The van der Waals surface area contributed by atoms with Crippen LogP contribution in [0.4, 0.5) is 0 Å². The molecule has 0 saturated carbocycles. The molecule has 1 aliphatic rings. The number of rotatable bonds is 5. The topological polar surface area (TPSA) is 25.8 Å². The maximum absolute atomic E-state index is 6.24. The molecule has 2 aromatic carbocycles. The Morgan fingerprint density at radius 1 is 0.967 bits per heavy atom. The van der Waals surface area contributed by atoms with E-state index in [1.165, 1.54) is 0 Å². The van der Waals surface area contributed by atoms with E-state index in [0.717, 1.165) is 52.1 Å². The Hall–Kier alpha value is -3.23. The lowest BCUT2D eigenvalue weighted by Crippen LogP contribution is -1.99. The minimum Gasteiger partial charge on any atom is -0.228 e. The van der Waals surface area contributed by atoms with Gasteiger partial charge in [0.1, 0.15) is 0 Å². The second kappa shape index (κ2) is 9.06. The normalized spacial score (nSPS) is 13.8. The summed E-state index contributed by atoms with van der Waals surface area (Å²) in [7, 11) is 0. The van der Waals surface area contributed by atoms with Crippen LogP contribution in [0.5, 0.6) is 0 Å². The minimum absolute atomic E-state index is 0.693. The molecule has 148 valence electrons. The van der Waals surface area contributed by atoms with Crippen molar-refractivity contribution in [3.05, 3.63) is 108 Å². The summed E-state index contributed by atoms with van der Waals surface area (Å²) in [5.74, 6) is 0.703. The molecule has 0 saturated heterocycles.